The first-order valence-electron chi connectivity index (χ1n) is 9.83. The number of carbonyl (C=O) groups is 1. The number of amides is 2. The summed E-state index contributed by atoms with van der Waals surface area (Å²) in [5.74, 6) is 0.901. The molecule has 5 nitrogen and oxygen atoms in total. The highest BCUT2D eigenvalue weighted by Gasteiger charge is 2.10. The zero-order chi connectivity index (χ0) is 18.7. The van der Waals surface area contributed by atoms with Gasteiger partial charge in [0.2, 0.25) is 0 Å². The summed E-state index contributed by atoms with van der Waals surface area (Å²) >= 11 is 0. The summed E-state index contributed by atoms with van der Waals surface area (Å²) in [6.07, 6.45) is 4.73. The van der Waals surface area contributed by atoms with Crippen LogP contribution in [0.4, 0.5) is 10.5 Å². The highest BCUT2D eigenvalue weighted by molar-refractivity contribution is 5.89. The smallest absolute Gasteiger partial charge is 0.319 e. The number of hydrogen-bond donors (Lipinski definition) is 2. The Hall–Kier alpha value is -2.53. The van der Waals surface area contributed by atoms with E-state index in [1.807, 2.05) is 36.4 Å². The average molecular weight is 367 g/mol. The maximum atomic E-state index is 11.8. The van der Waals surface area contributed by atoms with Gasteiger partial charge in [-0.05, 0) is 62.2 Å². The SMILES string of the molecule is O=C(NCCCOc1cccc(CN2CCCCC2)c1)Nc1ccccc1. The van der Waals surface area contributed by atoms with Gasteiger partial charge in [0, 0.05) is 18.8 Å². The van der Waals surface area contributed by atoms with Crippen LogP contribution in [0.15, 0.2) is 54.6 Å². The standard InChI is InChI=1S/C22H29N3O2/c26-22(24-20-10-3-1-4-11-20)23-13-8-16-27-21-12-7-9-19(17-21)18-25-14-5-2-6-15-25/h1,3-4,7,9-12,17H,2,5-6,8,13-16,18H2,(H2,23,24,26). The van der Waals surface area contributed by atoms with Crippen LogP contribution in [0, 0.1) is 0 Å². The van der Waals surface area contributed by atoms with Crippen molar-refractivity contribution < 1.29 is 9.53 Å². The predicted octanol–water partition coefficient (Wildman–Crippen LogP) is 4.26. The van der Waals surface area contributed by atoms with Crippen molar-refractivity contribution in [3.63, 3.8) is 0 Å². The van der Waals surface area contributed by atoms with Crippen LogP contribution in [0.3, 0.4) is 0 Å². The lowest BCUT2D eigenvalue weighted by Crippen LogP contribution is -2.30. The van der Waals surface area contributed by atoms with Gasteiger partial charge in [0.1, 0.15) is 5.75 Å². The molecule has 2 amide bonds. The second-order valence-electron chi connectivity index (χ2n) is 6.93. The second kappa shape index (κ2) is 10.6. The third kappa shape index (κ3) is 6.94. The minimum absolute atomic E-state index is 0.190. The molecule has 1 aliphatic rings. The van der Waals surface area contributed by atoms with E-state index >= 15 is 0 Å². The fourth-order valence-corrected chi connectivity index (χ4v) is 3.27. The number of piperidine rings is 1. The summed E-state index contributed by atoms with van der Waals surface area (Å²) in [6, 6.07) is 17.6. The van der Waals surface area contributed by atoms with E-state index in [-0.39, 0.29) is 6.03 Å². The molecule has 0 saturated carbocycles. The van der Waals surface area contributed by atoms with Gasteiger partial charge in [0.25, 0.3) is 0 Å². The number of nitrogens with one attached hydrogen (secondary N) is 2. The first-order chi connectivity index (χ1) is 13.3. The van der Waals surface area contributed by atoms with Crippen molar-refractivity contribution in [2.75, 3.05) is 31.6 Å². The van der Waals surface area contributed by atoms with Crippen molar-refractivity contribution in [2.24, 2.45) is 0 Å². The first kappa shape index (κ1) is 19.2. The van der Waals surface area contributed by atoms with Crippen LogP contribution in [0.25, 0.3) is 0 Å². The lowest BCUT2D eigenvalue weighted by atomic mass is 10.1. The molecular weight excluding hydrogens is 338 g/mol. The van der Waals surface area contributed by atoms with Gasteiger partial charge in [0.15, 0.2) is 0 Å². The summed E-state index contributed by atoms with van der Waals surface area (Å²) in [6.45, 7) is 4.55. The number of hydrogen-bond acceptors (Lipinski definition) is 3. The van der Waals surface area contributed by atoms with E-state index in [1.54, 1.807) is 0 Å². The Labute approximate surface area is 161 Å². The topological polar surface area (TPSA) is 53.6 Å². The van der Waals surface area contributed by atoms with E-state index in [2.05, 4.69) is 33.7 Å². The average Bonchev–Trinajstić information content (AvgIpc) is 2.70. The van der Waals surface area contributed by atoms with E-state index in [0.29, 0.717) is 13.2 Å². The fraction of sp³-hybridized carbons (Fsp3) is 0.409. The lowest BCUT2D eigenvalue weighted by molar-refractivity contribution is 0.220. The number of anilines is 1. The molecule has 0 radical (unpaired) electrons. The van der Waals surface area contributed by atoms with E-state index in [9.17, 15) is 4.79 Å². The molecule has 3 rings (SSSR count). The van der Waals surface area contributed by atoms with Gasteiger partial charge < -0.3 is 15.4 Å². The Bertz CT molecular complexity index is 700. The van der Waals surface area contributed by atoms with Crippen molar-refractivity contribution in [3.8, 4) is 5.75 Å². The van der Waals surface area contributed by atoms with E-state index < -0.39 is 0 Å². The van der Waals surface area contributed by atoms with Crippen molar-refractivity contribution in [1.29, 1.82) is 0 Å². The maximum Gasteiger partial charge on any atom is 0.319 e. The highest BCUT2D eigenvalue weighted by atomic mass is 16.5. The number of benzene rings is 2. The zero-order valence-corrected chi connectivity index (χ0v) is 15.8. The summed E-state index contributed by atoms with van der Waals surface area (Å²) in [5, 5.41) is 5.65. The van der Waals surface area contributed by atoms with Gasteiger partial charge in [-0.3, -0.25) is 4.90 Å². The molecule has 0 bridgehead atoms. The quantitative estimate of drug-likeness (QED) is 0.685. The highest BCUT2D eigenvalue weighted by Crippen LogP contribution is 2.17. The van der Waals surface area contributed by atoms with Gasteiger partial charge in [-0.25, -0.2) is 4.79 Å². The summed E-state index contributed by atoms with van der Waals surface area (Å²) in [5.41, 5.74) is 2.09. The molecule has 0 aliphatic carbocycles. The van der Waals surface area contributed by atoms with E-state index in [4.69, 9.17) is 4.74 Å². The molecular formula is C22H29N3O2. The molecule has 1 saturated heterocycles. The van der Waals surface area contributed by atoms with Crippen LogP contribution in [0.2, 0.25) is 0 Å². The Balaban J connectivity index is 1.33. The Morgan fingerprint density at radius 3 is 2.63 bits per heavy atom. The van der Waals surface area contributed by atoms with Crippen LogP contribution in [-0.4, -0.2) is 37.2 Å². The molecule has 1 heterocycles. The van der Waals surface area contributed by atoms with E-state index in [0.717, 1.165) is 24.4 Å². The van der Waals surface area contributed by atoms with Gasteiger partial charge in [0.05, 0.1) is 6.61 Å². The van der Waals surface area contributed by atoms with Crippen molar-refractivity contribution in [2.45, 2.75) is 32.2 Å². The molecule has 2 aromatic rings. The third-order valence-corrected chi connectivity index (χ3v) is 4.66. The molecule has 1 aliphatic heterocycles. The number of rotatable bonds is 8. The van der Waals surface area contributed by atoms with Gasteiger partial charge in [-0.15, -0.1) is 0 Å². The molecule has 27 heavy (non-hydrogen) atoms. The van der Waals surface area contributed by atoms with Crippen LogP contribution in [0.5, 0.6) is 5.75 Å². The number of carbonyl (C=O) groups excluding carboxylic acids is 1. The van der Waals surface area contributed by atoms with Crippen LogP contribution < -0.4 is 15.4 Å². The van der Waals surface area contributed by atoms with Gasteiger partial charge >= 0.3 is 6.03 Å². The molecule has 2 aromatic carbocycles. The number of ether oxygens (including phenoxy) is 1. The monoisotopic (exact) mass is 367 g/mol. The fourth-order valence-electron chi connectivity index (χ4n) is 3.27. The van der Waals surface area contributed by atoms with Crippen molar-refractivity contribution >= 4 is 11.7 Å². The van der Waals surface area contributed by atoms with Gasteiger partial charge in [-0.1, -0.05) is 36.8 Å². The van der Waals surface area contributed by atoms with E-state index in [1.165, 1.54) is 37.9 Å². The molecule has 0 unspecified atom stereocenters. The van der Waals surface area contributed by atoms with Crippen molar-refractivity contribution in [3.05, 3.63) is 60.2 Å². The Morgan fingerprint density at radius 1 is 1.00 bits per heavy atom. The Morgan fingerprint density at radius 2 is 1.81 bits per heavy atom. The summed E-state index contributed by atoms with van der Waals surface area (Å²) in [4.78, 5) is 14.3. The van der Waals surface area contributed by atoms with Crippen molar-refractivity contribution in [1.82, 2.24) is 10.2 Å². The zero-order valence-electron chi connectivity index (χ0n) is 15.8. The molecule has 0 atom stereocenters. The number of likely N-dealkylation sites (tertiary alicyclic amines) is 1. The number of nitrogens with zero attached hydrogens (tertiary/aromatic N) is 1. The van der Waals surface area contributed by atoms with Gasteiger partial charge in [-0.2, -0.15) is 0 Å². The molecule has 0 aromatic heterocycles. The molecule has 2 N–H and O–H groups in total. The molecule has 5 heteroatoms. The molecule has 0 spiro atoms. The summed E-state index contributed by atoms with van der Waals surface area (Å²) in [7, 11) is 0. The largest absolute Gasteiger partial charge is 0.494 e. The first-order valence-corrected chi connectivity index (χ1v) is 9.83. The van der Waals surface area contributed by atoms with Crippen LogP contribution in [0.1, 0.15) is 31.2 Å². The normalized spacial score (nSPS) is 14.5. The minimum Gasteiger partial charge on any atom is -0.494 e. The number of urea groups is 1. The van der Waals surface area contributed by atoms with Crippen LogP contribution >= 0.6 is 0 Å². The van der Waals surface area contributed by atoms with Crippen LogP contribution in [-0.2, 0) is 6.54 Å². The molecule has 1 fully saturated rings. The Kier molecular flexibility index (Phi) is 7.54. The number of para-hydroxylation sites is 1. The maximum absolute atomic E-state index is 11.8. The summed E-state index contributed by atoms with van der Waals surface area (Å²) < 4.78 is 5.85. The third-order valence-electron chi connectivity index (χ3n) is 4.66. The minimum atomic E-state index is -0.190. The lowest BCUT2D eigenvalue weighted by Gasteiger charge is -2.26. The second-order valence-corrected chi connectivity index (χ2v) is 6.93. The molecule has 144 valence electrons. The predicted molar refractivity (Wildman–Crippen MR) is 109 cm³/mol.